The van der Waals surface area contributed by atoms with Gasteiger partial charge in [0.25, 0.3) is 11.1 Å². The van der Waals surface area contributed by atoms with Gasteiger partial charge in [0.2, 0.25) is 5.91 Å². The molecule has 0 radical (unpaired) electrons. The van der Waals surface area contributed by atoms with E-state index >= 15 is 0 Å². The maximum absolute atomic E-state index is 13.0. The summed E-state index contributed by atoms with van der Waals surface area (Å²) in [5.74, 6) is -0.540. The highest BCUT2D eigenvalue weighted by Gasteiger charge is 2.36. The number of rotatable bonds is 9. The average molecular weight is 607 g/mol. The van der Waals surface area contributed by atoms with Crippen LogP contribution in [-0.2, 0) is 22.4 Å². The second-order valence-electron chi connectivity index (χ2n) is 9.50. The molecule has 7 nitrogen and oxygen atoms in total. The van der Waals surface area contributed by atoms with E-state index in [1.807, 2.05) is 43.3 Å². The molecule has 1 aliphatic rings. The first-order valence-corrected chi connectivity index (χ1v) is 14.0. The lowest BCUT2D eigenvalue weighted by Crippen LogP contribution is -2.36. The fourth-order valence-corrected chi connectivity index (χ4v) is 5.23. The number of alkyl halides is 3. The molecule has 1 aliphatic heterocycles. The van der Waals surface area contributed by atoms with Gasteiger partial charge in [0.05, 0.1) is 17.1 Å². The number of carbonyl (C=O) groups is 3. The molecule has 0 aromatic heterocycles. The molecule has 0 unspecified atom stereocenters. The Bertz CT molecular complexity index is 1740. The highest BCUT2D eigenvalue weighted by molar-refractivity contribution is 8.18. The van der Waals surface area contributed by atoms with Crippen molar-refractivity contribution in [3.8, 4) is 11.5 Å². The van der Waals surface area contributed by atoms with E-state index in [1.165, 1.54) is 12.1 Å². The number of carbonyl (C=O) groups excluding carboxylic acids is 3. The number of nitrogens with zero attached hydrogens (tertiary/aromatic N) is 1. The zero-order valence-corrected chi connectivity index (χ0v) is 23.6. The Morgan fingerprint density at radius 1 is 0.907 bits per heavy atom. The van der Waals surface area contributed by atoms with E-state index in [9.17, 15) is 27.6 Å². The quantitative estimate of drug-likeness (QED) is 0.199. The second kappa shape index (κ2) is 12.6. The lowest BCUT2D eigenvalue weighted by molar-refractivity contribution is -0.137. The molecule has 3 amide bonds. The number of anilines is 1. The van der Waals surface area contributed by atoms with Crippen molar-refractivity contribution in [3.63, 3.8) is 0 Å². The molecule has 0 aliphatic carbocycles. The Kier molecular flexibility index (Phi) is 8.72. The van der Waals surface area contributed by atoms with Gasteiger partial charge in [0.1, 0.15) is 13.2 Å². The highest BCUT2D eigenvalue weighted by atomic mass is 32.2. The van der Waals surface area contributed by atoms with Crippen LogP contribution >= 0.6 is 11.8 Å². The van der Waals surface area contributed by atoms with E-state index < -0.39 is 35.3 Å². The first kappa shape index (κ1) is 29.7. The summed E-state index contributed by atoms with van der Waals surface area (Å²) >= 11 is 0.660. The van der Waals surface area contributed by atoms with Crippen LogP contribution in [0.3, 0.4) is 0 Å². The smallest absolute Gasteiger partial charge is 0.416 e. The predicted molar refractivity (Wildman–Crippen MR) is 159 cm³/mol. The van der Waals surface area contributed by atoms with E-state index in [0.29, 0.717) is 42.0 Å². The van der Waals surface area contributed by atoms with Crippen LogP contribution < -0.4 is 14.8 Å². The van der Waals surface area contributed by atoms with Crippen molar-refractivity contribution in [2.75, 3.05) is 18.5 Å². The zero-order chi connectivity index (χ0) is 30.6. The van der Waals surface area contributed by atoms with Gasteiger partial charge < -0.3 is 14.8 Å². The van der Waals surface area contributed by atoms with E-state index in [2.05, 4.69) is 11.4 Å². The summed E-state index contributed by atoms with van der Waals surface area (Å²) in [6, 6.07) is 23.3. The van der Waals surface area contributed by atoms with Gasteiger partial charge in [-0.15, -0.1) is 0 Å². The van der Waals surface area contributed by atoms with E-state index in [1.54, 1.807) is 18.2 Å². The molecule has 1 N–H and O–H groups in total. The van der Waals surface area contributed by atoms with Crippen molar-refractivity contribution in [2.24, 2.45) is 0 Å². The van der Waals surface area contributed by atoms with Gasteiger partial charge in [-0.25, -0.2) is 0 Å². The molecule has 1 fully saturated rings. The molecule has 1 heterocycles. The molecule has 4 aromatic rings. The van der Waals surface area contributed by atoms with E-state index in [-0.39, 0.29) is 10.6 Å². The standard InChI is InChI=1S/C32H25F3N2O5S/c1-2-41-27-15-20(11-13-26(27)42-19-21-10-12-22-6-3-4-7-23(22)14-21)16-28-30(39)37(31(40)43-28)18-29(38)36-25-9-5-8-24(17-25)32(33,34)35/h3-17H,2,18-19H2,1H3,(H,36,38)/b28-16-. The molecule has 4 aromatic carbocycles. The predicted octanol–water partition coefficient (Wildman–Crippen LogP) is 7.51. The Labute approximate surface area is 249 Å². The number of hydrogen-bond donors (Lipinski definition) is 1. The molecule has 0 atom stereocenters. The topological polar surface area (TPSA) is 84.9 Å². The average Bonchev–Trinajstić information content (AvgIpc) is 3.23. The number of amides is 3. The minimum atomic E-state index is -4.58. The monoisotopic (exact) mass is 606 g/mol. The first-order valence-electron chi connectivity index (χ1n) is 13.2. The molecule has 0 bridgehead atoms. The fourth-order valence-electron chi connectivity index (χ4n) is 4.40. The van der Waals surface area contributed by atoms with Crippen molar-refractivity contribution >= 4 is 51.4 Å². The maximum Gasteiger partial charge on any atom is 0.416 e. The van der Waals surface area contributed by atoms with Gasteiger partial charge >= 0.3 is 6.18 Å². The summed E-state index contributed by atoms with van der Waals surface area (Å²) in [4.78, 5) is 38.8. The number of ether oxygens (including phenoxy) is 2. The molecule has 43 heavy (non-hydrogen) atoms. The molecular formula is C32H25F3N2O5S. The number of hydrogen-bond acceptors (Lipinski definition) is 6. The van der Waals surface area contributed by atoms with Gasteiger partial charge in [0, 0.05) is 5.69 Å². The van der Waals surface area contributed by atoms with Gasteiger partial charge in [0.15, 0.2) is 11.5 Å². The Balaban J connectivity index is 1.26. The molecule has 5 rings (SSSR count). The summed E-state index contributed by atoms with van der Waals surface area (Å²) in [6.45, 7) is 1.86. The SMILES string of the molecule is CCOc1cc(/C=C2\SC(=O)N(CC(=O)Nc3cccc(C(F)(F)F)c3)C2=O)ccc1OCc1ccc2ccccc2c1. The van der Waals surface area contributed by atoms with Crippen LogP contribution in [0.1, 0.15) is 23.6 Å². The Morgan fingerprint density at radius 3 is 2.47 bits per heavy atom. The largest absolute Gasteiger partial charge is 0.490 e. The third-order valence-corrected chi connectivity index (χ3v) is 7.33. The number of halogens is 3. The van der Waals surface area contributed by atoms with Crippen LogP contribution in [0.15, 0.2) is 89.8 Å². The lowest BCUT2D eigenvalue weighted by Gasteiger charge is -2.14. The summed E-state index contributed by atoms with van der Waals surface area (Å²) in [7, 11) is 0. The number of imide groups is 1. The van der Waals surface area contributed by atoms with Crippen LogP contribution in [0.2, 0.25) is 0 Å². The van der Waals surface area contributed by atoms with Gasteiger partial charge in [-0.3, -0.25) is 19.3 Å². The van der Waals surface area contributed by atoms with Gasteiger partial charge in [-0.1, -0.05) is 48.5 Å². The Morgan fingerprint density at radius 2 is 1.70 bits per heavy atom. The number of fused-ring (bicyclic) bond motifs is 1. The molecule has 0 spiro atoms. The van der Waals surface area contributed by atoms with Crippen molar-refractivity contribution < 1.29 is 37.0 Å². The van der Waals surface area contributed by atoms with E-state index in [4.69, 9.17) is 9.47 Å². The number of nitrogens with one attached hydrogen (secondary N) is 1. The lowest BCUT2D eigenvalue weighted by atomic mass is 10.1. The molecular weight excluding hydrogens is 581 g/mol. The fraction of sp³-hybridized carbons (Fsp3) is 0.156. The van der Waals surface area contributed by atoms with Crippen molar-refractivity contribution in [1.29, 1.82) is 0 Å². The van der Waals surface area contributed by atoms with Crippen molar-refractivity contribution in [1.82, 2.24) is 4.90 Å². The van der Waals surface area contributed by atoms with Crippen LogP contribution in [0.4, 0.5) is 23.7 Å². The molecule has 220 valence electrons. The Hall–Kier alpha value is -4.77. The summed E-state index contributed by atoms with van der Waals surface area (Å²) in [5, 5.41) is 3.87. The van der Waals surface area contributed by atoms with E-state index in [0.717, 1.165) is 39.4 Å². The number of benzene rings is 4. The summed E-state index contributed by atoms with van der Waals surface area (Å²) in [5.41, 5.74) is 0.515. The first-order chi connectivity index (χ1) is 20.6. The maximum atomic E-state index is 13.0. The second-order valence-corrected chi connectivity index (χ2v) is 10.5. The summed E-state index contributed by atoms with van der Waals surface area (Å²) in [6.07, 6.45) is -3.08. The molecule has 11 heteroatoms. The summed E-state index contributed by atoms with van der Waals surface area (Å²) < 4.78 is 50.7. The minimum Gasteiger partial charge on any atom is -0.490 e. The normalized spacial score (nSPS) is 14.4. The molecule has 0 saturated carbocycles. The van der Waals surface area contributed by atoms with Crippen LogP contribution in [0.5, 0.6) is 11.5 Å². The van der Waals surface area contributed by atoms with Crippen LogP contribution in [0, 0.1) is 0 Å². The minimum absolute atomic E-state index is 0.0872. The third kappa shape index (κ3) is 7.18. The highest BCUT2D eigenvalue weighted by Crippen LogP contribution is 2.35. The van der Waals surface area contributed by atoms with Gasteiger partial charge in [-0.05, 0) is 83.1 Å². The van der Waals surface area contributed by atoms with Crippen LogP contribution in [0.25, 0.3) is 16.8 Å². The number of thioether (sulfide) groups is 1. The zero-order valence-electron chi connectivity index (χ0n) is 22.8. The van der Waals surface area contributed by atoms with Crippen LogP contribution in [-0.4, -0.2) is 35.1 Å². The van der Waals surface area contributed by atoms with Crippen molar-refractivity contribution in [3.05, 3.63) is 107 Å². The van der Waals surface area contributed by atoms with Gasteiger partial charge in [-0.2, -0.15) is 13.2 Å². The van der Waals surface area contributed by atoms with Crippen molar-refractivity contribution in [2.45, 2.75) is 19.7 Å². The molecule has 1 saturated heterocycles. The third-order valence-electron chi connectivity index (χ3n) is 6.42.